The molecule has 3 N–H and O–H groups in total. The van der Waals surface area contributed by atoms with Crippen LogP contribution in [0.5, 0.6) is 11.5 Å². The number of carboxylic acids is 1. The molecule has 10 nitrogen and oxygen atoms in total. The molecule has 0 spiro atoms. The highest BCUT2D eigenvalue weighted by molar-refractivity contribution is 6.33. The van der Waals surface area contributed by atoms with Crippen LogP contribution in [0, 0.1) is 0 Å². The Morgan fingerprint density at radius 3 is 2.33 bits per heavy atom. The summed E-state index contributed by atoms with van der Waals surface area (Å²) >= 11 is 6.15. The van der Waals surface area contributed by atoms with E-state index in [9.17, 15) is 19.5 Å². The van der Waals surface area contributed by atoms with Crippen LogP contribution in [0.2, 0.25) is 5.02 Å². The quantitative estimate of drug-likeness (QED) is 0.161. The number of likely N-dealkylation sites (tertiary alicyclic amines) is 1. The average molecular weight is 644 g/mol. The molecule has 0 saturated carbocycles. The summed E-state index contributed by atoms with van der Waals surface area (Å²) in [5, 5.41) is 15.1. The third-order valence-corrected chi connectivity index (χ3v) is 7.95. The molecule has 11 heteroatoms. The van der Waals surface area contributed by atoms with Gasteiger partial charge in [0, 0.05) is 6.54 Å². The topological polar surface area (TPSA) is 126 Å². The highest BCUT2D eigenvalue weighted by Crippen LogP contribution is 2.29. The van der Waals surface area contributed by atoms with Gasteiger partial charge in [-0.3, -0.25) is 4.79 Å². The molecule has 4 aromatic rings. The molecule has 1 aliphatic rings. The molecule has 0 unspecified atom stereocenters. The number of carbonyl (C=O) groups excluding carboxylic acids is 2. The number of para-hydroxylation sites is 1. The summed E-state index contributed by atoms with van der Waals surface area (Å²) in [5.74, 6) is -0.235. The number of hydrogen-bond acceptors (Lipinski definition) is 6. The summed E-state index contributed by atoms with van der Waals surface area (Å²) in [6, 6.07) is 27.2. The van der Waals surface area contributed by atoms with E-state index < -0.39 is 12.0 Å². The number of anilines is 2. The fourth-order valence-corrected chi connectivity index (χ4v) is 5.43. The summed E-state index contributed by atoms with van der Waals surface area (Å²) in [4.78, 5) is 39.3. The lowest BCUT2D eigenvalue weighted by molar-refractivity contribution is -0.133. The van der Waals surface area contributed by atoms with Crippen LogP contribution >= 0.6 is 11.6 Å². The Morgan fingerprint density at radius 1 is 0.891 bits per heavy atom. The monoisotopic (exact) mass is 643 g/mol. The van der Waals surface area contributed by atoms with Gasteiger partial charge in [0.1, 0.15) is 18.1 Å². The van der Waals surface area contributed by atoms with E-state index in [2.05, 4.69) is 10.6 Å². The number of urea groups is 1. The fraction of sp³-hybridized carbons (Fsp3) is 0.229. The van der Waals surface area contributed by atoms with Gasteiger partial charge >= 0.3 is 12.0 Å². The minimum atomic E-state index is -1.02. The molecule has 4 aromatic carbocycles. The first-order chi connectivity index (χ1) is 22.3. The molecule has 0 aromatic heterocycles. The Morgan fingerprint density at radius 2 is 1.61 bits per heavy atom. The molecule has 3 amide bonds. The maximum Gasteiger partial charge on any atom is 0.335 e. The van der Waals surface area contributed by atoms with Crippen molar-refractivity contribution in [2.24, 2.45) is 0 Å². The minimum absolute atomic E-state index is 0.0949. The number of rotatable bonds is 12. The molecule has 0 radical (unpaired) electrons. The predicted octanol–water partition coefficient (Wildman–Crippen LogP) is 6.50. The number of benzene rings is 4. The highest BCUT2D eigenvalue weighted by Gasteiger charge is 2.38. The maximum absolute atomic E-state index is 13.7. The van der Waals surface area contributed by atoms with Crippen LogP contribution in [0.3, 0.4) is 0 Å². The van der Waals surface area contributed by atoms with E-state index in [1.165, 1.54) is 19.2 Å². The smallest absolute Gasteiger partial charge is 0.335 e. The van der Waals surface area contributed by atoms with Crippen molar-refractivity contribution in [3.63, 3.8) is 0 Å². The first-order valence-corrected chi connectivity index (χ1v) is 15.1. The third kappa shape index (κ3) is 8.35. The first kappa shape index (κ1) is 32.3. The van der Waals surface area contributed by atoms with E-state index in [-0.39, 0.29) is 36.6 Å². The normalized spacial score (nSPS) is 15.7. The summed E-state index contributed by atoms with van der Waals surface area (Å²) < 4.78 is 17.8. The summed E-state index contributed by atoms with van der Waals surface area (Å²) in [6.45, 7) is 1.06. The number of nitrogens with zero attached hydrogens (tertiary/aromatic N) is 1. The van der Waals surface area contributed by atoms with Gasteiger partial charge in [-0.1, -0.05) is 60.1 Å². The molecule has 2 atom stereocenters. The Bertz CT molecular complexity index is 1670. The van der Waals surface area contributed by atoms with Crippen molar-refractivity contribution in [3.05, 3.63) is 119 Å². The van der Waals surface area contributed by atoms with E-state index in [0.29, 0.717) is 53.0 Å². The molecule has 238 valence electrons. The Balaban J connectivity index is 1.26. The summed E-state index contributed by atoms with van der Waals surface area (Å²) in [7, 11) is 1.49. The molecule has 1 aliphatic heterocycles. The van der Waals surface area contributed by atoms with Gasteiger partial charge in [0.2, 0.25) is 5.91 Å². The first-order valence-electron chi connectivity index (χ1n) is 14.7. The Hall–Kier alpha value is -5.06. The van der Waals surface area contributed by atoms with Crippen LogP contribution in [0.4, 0.5) is 16.2 Å². The van der Waals surface area contributed by atoms with Crippen LogP contribution < -0.4 is 20.1 Å². The maximum atomic E-state index is 13.7. The second kappa shape index (κ2) is 15.3. The second-order valence-electron chi connectivity index (χ2n) is 10.7. The predicted molar refractivity (Wildman–Crippen MR) is 175 cm³/mol. The lowest BCUT2D eigenvalue weighted by Gasteiger charge is -2.28. The molecular weight excluding hydrogens is 610 g/mol. The van der Waals surface area contributed by atoms with Gasteiger partial charge in [-0.15, -0.1) is 0 Å². The van der Waals surface area contributed by atoms with Gasteiger partial charge in [-0.2, -0.15) is 0 Å². The lowest BCUT2D eigenvalue weighted by Crippen LogP contribution is -2.44. The van der Waals surface area contributed by atoms with Crippen molar-refractivity contribution >= 4 is 40.9 Å². The van der Waals surface area contributed by atoms with Gasteiger partial charge in [-0.05, 0) is 66.1 Å². The molecule has 1 fully saturated rings. The van der Waals surface area contributed by atoms with E-state index in [0.717, 1.165) is 5.56 Å². The highest BCUT2D eigenvalue weighted by atomic mass is 35.5. The molecule has 1 heterocycles. The zero-order valence-corrected chi connectivity index (χ0v) is 25.9. The number of hydrogen-bond donors (Lipinski definition) is 3. The van der Waals surface area contributed by atoms with E-state index >= 15 is 0 Å². The van der Waals surface area contributed by atoms with Crippen molar-refractivity contribution < 1.29 is 33.7 Å². The van der Waals surface area contributed by atoms with E-state index in [4.69, 9.17) is 25.8 Å². The molecular formula is C35H34ClN3O7. The van der Waals surface area contributed by atoms with Crippen molar-refractivity contribution in [2.75, 3.05) is 30.9 Å². The van der Waals surface area contributed by atoms with E-state index in [1.807, 2.05) is 30.3 Å². The largest absolute Gasteiger partial charge is 0.495 e. The fourth-order valence-electron chi connectivity index (χ4n) is 5.24. The van der Waals surface area contributed by atoms with Crippen LogP contribution in [-0.4, -0.2) is 60.3 Å². The molecule has 5 rings (SSSR count). The van der Waals surface area contributed by atoms with E-state index in [1.54, 1.807) is 59.5 Å². The number of amides is 3. The van der Waals surface area contributed by atoms with Crippen molar-refractivity contribution in [1.82, 2.24) is 4.90 Å². The van der Waals surface area contributed by atoms with Crippen LogP contribution in [0.25, 0.3) is 0 Å². The van der Waals surface area contributed by atoms with Crippen LogP contribution in [0.1, 0.15) is 27.9 Å². The molecule has 1 saturated heterocycles. The number of nitrogens with one attached hydrogen (secondary N) is 2. The number of halogens is 1. The molecule has 46 heavy (non-hydrogen) atoms. The van der Waals surface area contributed by atoms with Gasteiger partial charge in [0.25, 0.3) is 0 Å². The van der Waals surface area contributed by atoms with Crippen LogP contribution in [0.15, 0.2) is 97.1 Å². The number of methoxy groups -OCH3 is 1. The van der Waals surface area contributed by atoms with Gasteiger partial charge in [0.15, 0.2) is 0 Å². The lowest BCUT2D eigenvalue weighted by atomic mass is 10.1. The number of aromatic carboxylic acids is 1. The Labute approximate surface area is 271 Å². The molecule has 0 bridgehead atoms. The van der Waals surface area contributed by atoms with Crippen LogP contribution in [-0.2, 0) is 22.6 Å². The SMILES string of the molecule is COc1cc(CC(=O)N2CC[C@H](OCc3ccccc3)[C@H]2COc2ccc(C(=O)O)cc2)ccc1NC(=O)Nc1ccccc1Cl. The second-order valence-corrected chi connectivity index (χ2v) is 11.1. The standard InChI is InChI=1S/C35H34ClN3O7/c1-44-32-19-24(11-16-29(32)38-35(43)37-28-10-6-5-9-27(28)36)20-33(40)39-18-17-31(46-21-23-7-3-2-4-8-23)30(39)22-45-26-14-12-25(13-15-26)34(41)42/h2-16,19,30-31H,17-18,20-22H2,1H3,(H,41,42)(H2,37,38,43)/t30-,31+/m1/s1. The zero-order valence-electron chi connectivity index (χ0n) is 25.1. The third-order valence-electron chi connectivity index (χ3n) is 7.62. The average Bonchev–Trinajstić information content (AvgIpc) is 3.48. The van der Waals surface area contributed by atoms with Gasteiger partial charge < -0.3 is 34.9 Å². The zero-order chi connectivity index (χ0) is 32.5. The molecule has 0 aliphatic carbocycles. The number of carbonyl (C=O) groups is 3. The Kier molecular flexibility index (Phi) is 10.7. The van der Waals surface area contributed by atoms with Crippen molar-refractivity contribution in [1.29, 1.82) is 0 Å². The van der Waals surface area contributed by atoms with Crippen molar-refractivity contribution in [2.45, 2.75) is 31.6 Å². The summed E-state index contributed by atoms with van der Waals surface area (Å²) in [5.41, 5.74) is 2.79. The number of ether oxygens (including phenoxy) is 3. The minimum Gasteiger partial charge on any atom is -0.495 e. The number of carboxylic acid groups (broad SMARTS) is 1. The van der Waals surface area contributed by atoms with Gasteiger partial charge in [0.05, 0.1) is 54.2 Å². The summed E-state index contributed by atoms with van der Waals surface area (Å²) in [6.07, 6.45) is 0.467. The van der Waals surface area contributed by atoms with Gasteiger partial charge in [-0.25, -0.2) is 9.59 Å². The van der Waals surface area contributed by atoms with Crippen molar-refractivity contribution in [3.8, 4) is 11.5 Å².